The van der Waals surface area contributed by atoms with Crippen LogP contribution in [-0.4, -0.2) is 93.4 Å². The van der Waals surface area contributed by atoms with Crippen molar-refractivity contribution < 1.29 is 22.7 Å². The number of nitrogens with zero attached hydrogens (tertiary/aromatic N) is 3. The van der Waals surface area contributed by atoms with Gasteiger partial charge >= 0.3 is 0 Å². The smallest absolute Gasteiger partial charge is 0.225 e. The van der Waals surface area contributed by atoms with Crippen molar-refractivity contribution in [2.45, 2.75) is 18.4 Å². The molecule has 168 valence electrons. The Morgan fingerprint density at radius 1 is 1.20 bits per heavy atom. The fourth-order valence-electron chi connectivity index (χ4n) is 4.31. The maximum absolute atomic E-state index is 14.1. The molecular weight excluding hydrogens is 411 g/mol. The molecule has 0 spiro atoms. The van der Waals surface area contributed by atoms with Crippen molar-refractivity contribution in [3.8, 4) is 0 Å². The third-order valence-electron chi connectivity index (χ3n) is 6.06. The van der Waals surface area contributed by atoms with Crippen LogP contribution < -0.4 is 10.2 Å². The molecule has 10 heteroatoms. The number of hydrogen-bond acceptors (Lipinski definition) is 6. The van der Waals surface area contributed by atoms with E-state index in [2.05, 4.69) is 5.32 Å². The molecule has 8 nitrogen and oxygen atoms in total. The van der Waals surface area contributed by atoms with Crippen LogP contribution in [0.3, 0.4) is 0 Å². The first-order valence-corrected chi connectivity index (χ1v) is 12.1. The minimum absolute atomic E-state index is 0.133. The van der Waals surface area contributed by atoms with Gasteiger partial charge in [-0.2, -0.15) is 0 Å². The predicted octanol–water partition coefficient (Wildman–Crippen LogP) is 0.0964. The number of nitrogens with one attached hydrogen (secondary N) is 1. The number of piperidine rings is 1. The molecule has 1 aromatic rings. The van der Waals surface area contributed by atoms with Crippen LogP contribution in [0.15, 0.2) is 24.3 Å². The van der Waals surface area contributed by atoms with Crippen molar-refractivity contribution >= 4 is 21.6 Å². The van der Waals surface area contributed by atoms with Crippen LogP contribution in [0.4, 0.5) is 10.1 Å². The monoisotopic (exact) mass is 442 g/mol. The van der Waals surface area contributed by atoms with Crippen LogP contribution in [0.2, 0.25) is 0 Å². The summed E-state index contributed by atoms with van der Waals surface area (Å²) in [6, 6.07) is 6.62. The molecule has 1 amide bonds. The zero-order valence-corrected chi connectivity index (χ0v) is 18.4. The first-order chi connectivity index (χ1) is 14.1. The lowest BCUT2D eigenvalue weighted by atomic mass is 9.90. The Morgan fingerprint density at radius 3 is 2.47 bits per heavy atom. The molecule has 3 rings (SSSR count). The van der Waals surface area contributed by atoms with E-state index in [0.29, 0.717) is 51.3 Å². The van der Waals surface area contributed by atoms with Crippen molar-refractivity contribution in [2.75, 3.05) is 64.0 Å². The Labute approximate surface area is 177 Å². The Bertz CT molecular complexity index is 858. The van der Waals surface area contributed by atoms with Gasteiger partial charge in [0.05, 0.1) is 23.5 Å². The van der Waals surface area contributed by atoms with Crippen molar-refractivity contribution in [2.24, 2.45) is 5.92 Å². The zero-order valence-electron chi connectivity index (χ0n) is 17.6. The van der Waals surface area contributed by atoms with Crippen LogP contribution in [0.5, 0.6) is 0 Å². The molecule has 2 N–H and O–H groups in total. The van der Waals surface area contributed by atoms with Crippen molar-refractivity contribution in [3.05, 3.63) is 30.1 Å². The van der Waals surface area contributed by atoms with Crippen LogP contribution >= 0.6 is 0 Å². The highest BCUT2D eigenvalue weighted by Crippen LogP contribution is 2.29. The quantitative estimate of drug-likeness (QED) is 0.672. The molecule has 2 heterocycles. The number of aliphatic hydroxyl groups is 1. The van der Waals surface area contributed by atoms with Gasteiger partial charge in [-0.05, 0) is 25.0 Å². The maximum atomic E-state index is 14.1. The minimum atomic E-state index is -3.42. The van der Waals surface area contributed by atoms with Crippen LogP contribution in [0, 0.1) is 11.7 Å². The molecule has 0 radical (unpaired) electrons. The van der Waals surface area contributed by atoms with Gasteiger partial charge in [0.15, 0.2) is 0 Å². The molecule has 2 aliphatic heterocycles. The number of hydrogen-bond donors (Lipinski definition) is 2. The number of para-hydroxylation sites is 1. The van der Waals surface area contributed by atoms with Gasteiger partial charge in [0.25, 0.3) is 0 Å². The minimum Gasteiger partial charge on any atom is -0.388 e. The van der Waals surface area contributed by atoms with Crippen LogP contribution in [-0.2, 0) is 14.8 Å². The van der Waals surface area contributed by atoms with E-state index < -0.39 is 21.5 Å². The van der Waals surface area contributed by atoms with Gasteiger partial charge in [0.2, 0.25) is 15.9 Å². The van der Waals surface area contributed by atoms with E-state index in [4.69, 9.17) is 0 Å². The van der Waals surface area contributed by atoms with Crippen LogP contribution in [0.1, 0.15) is 12.8 Å². The van der Waals surface area contributed by atoms with Crippen LogP contribution in [0.25, 0.3) is 0 Å². The molecule has 2 aliphatic rings. The van der Waals surface area contributed by atoms with E-state index in [0.717, 1.165) is 6.26 Å². The molecule has 1 atom stereocenters. The third-order valence-corrected chi connectivity index (χ3v) is 7.33. The molecule has 1 aromatic carbocycles. The lowest BCUT2D eigenvalue weighted by molar-refractivity contribution is -0.125. The summed E-state index contributed by atoms with van der Waals surface area (Å²) < 4.78 is 39.5. The van der Waals surface area contributed by atoms with E-state index in [9.17, 15) is 22.7 Å². The topological polar surface area (TPSA) is 93.2 Å². The average molecular weight is 443 g/mol. The van der Waals surface area contributed by atoms with Gasteiger partial charge in [-0.3, -0.25) is 9.69 Å². The molecule has 0 aromatic heterocycles. The first-order valence-electron chi connectivity index (χ1n) is 10.2. The lowest BCUT2D eigenvalue weighted by Crippen LogP contribution is -2.52. The number of anilines is 1. The Kier molecular flexibility index (Phi) is 7.01. The van der Waals surface area contributed by atoms with Gasteiger partial charge in [0, 0.05) is 52.9 Å². The summed E-state index contributed by atoms with van der Waals surface area (Å²) in [4.78, 5) is 16.2. The normalized spacial score (nSPS) is 23.7. The number of carbonyl (C=O) groups is 1. The Hall–Kier alpha value is -1.75. The molecule has 2 fully saturated rings. The largest absolute Gasteiger partial charge is 0.388 e. The van der Waals surface area contributed by atoms with Gasteiger partial charge in [0.1, 0.15) is 5.82 Å². The molecule has 0 saturated carbocycles. The summed E-state index contributed by atoms with van der Waals surface area (Å²) in [6.07, 6.45) is 2.09. The summed E-state index contributed by atoms with van der Waals surface area (Å²) in [5.41, 5.74) is -0.423. The van der Waals surface area contributed by atoms with E-state index in [1.165, 1.54) is 17.4 Å². The summed E-state index contributed by atoms with van der Waals surface area (Å²) in [7, 11) is -1.88. The summed E-state index contributed by atoms with van der Waals surface area (Å²) >= 11 is 0. The number of sulfonamides is 1. The molecule has 1 unspecified atom stereocenters. The lowest BCUT2D eigenvalue weighted by Gasteiger charge is -2.42. The third kappa shape index (κ3) is 5.48. The number of rotatable bonds is 5. The highest BCUT2D eigenvalue weighted by atomic mass is 32.2. The number of amides is 1. The summed E-state index contributed by atoms with van der Waals surface area (Å²) in [6.45, 7) is 2.64. The number of halogens is 1. The molecule has 0 bridgehead atoms. The Morgan fingerprint density at radius 2 is 1.87 bits per heavy atom. The fourth-order valence-corrected chi connectivity index (χ4v) is 5.18. The van der Waals surface area contributed by atoms with Crippen molar-refractivity contribution in [3.63, 3.8) is 0 Å². The fraction of sp³-hybridized carbons (Fsp3) is 0.650. The molecular formula is C20H31FN4O4S. The van der Waals surface area contributed by atoms with E-state index >= 15 is 0 Å². The zero-order chi connectivity index (χ0) is 21.9. The second-order valence-corrected chi connectivity index (χ2v) is 10.3. The highest BCUT2D eigenvalue weighted by molar-refractivity contribution is 7.88. The average Bonchev–Trinajstić information content (AvgIpc) is 2.91. The van der Waals surface area contributed by atoms with E-state index in [1.54, 1.807) is 18.2 Å². The predicted molar refractivity (Wildman–Crippen MR) is 113 cm³/mol. The maximum Gasteiger partial charge on any atom is 0.225 e. The van der Waals surface area contributed by atoms with Crippen molar-refractivity contribution in [1.82, 2.24) is 14.5 Å². The highest BCUT2D eigenvalue weighted by Gasteiger charge is 2.38. The van der Waals surface area contributed by atoms with Gasteiger partial charge in [-0.1, -0.05) is 12.1 Å². The molecule has 0 aliphatic carbocycles. The van der Waals surface area contributed by atoms with Crippen molar-refractivity contribution in [1.29, 1.82) is 0 Å². The van der Waals surface area contributed by atoms with E-state index in [1.807, 2.05) is 9.80 Å². The second-order valence-electron chi connectivity index (χ2n) is 8.33. The second kappa shape index (κ2) is 9.17. The van der Waals surface area contributed by atoms with Gasteiger partial charge < -0.3 is 15.3 Å². The SMILES string of the molecule is CNC(=O)C1CN(CC2(O)CCN(c3ccccc3F)CC2)CCN(S(C)(=O)=O)C1. The first kappa shape index (κ1) is 22.9. The van der Waals surface area contributed by atoms with Gasteiger partial charge in [-0.25, -0.2) is 17.1 Å². The van der Waals surface area contributed by atoms with Gasteiger partial charge in [-0.15, -0.1) is 0 Å². The molecule has 2 saturated heterocycles. The summed E-state index contributed by atoms with van der Waals surface area (Å²) in [5.74, 6) is -0.990. The number of carbonyl (C=O) groups excluding carboxylic acids is 1. The Balaban J connectivity index is 1.66. The number of benzene rings is 1. The standard InChI is InChI=1S/C20H31FN4O4S/c1-22-19(26)16-13-23(11-12-25(14-16)30(2,28)29)15-20(27)7-9-24(10-8-20)18-6-4-3-5-17(18)21/h3-6,16,27H,7-15H2,1-2H3,(H,22,26). The number of β-amino-alcohol motifs (C(OH)–C–C–N with tert-alkyl or cyclic N) is 1. The van der Waals surface area contributed by atoms with E-state index in [-0.39, 0.29) is 24.8 Å². The summed E-state index contributed by atoms with van der Waals surface area (Å²) in [5, 5.41) is 13.8. The molecule has 30 heavy (non-hydrogen) atoms.